The van der Waals surface area contributed by atoms with Gasteiger partial charge in [0, 0.05) is 25.7 Å². The molecule has 1 N–H and O–H groups in total. The van der Waals surface area contributed by atoms with Gasteiger partial charge in [-0.2, -0.15) is 5.10 Å². The summed E-state index contributed by atoms with van der Waals surface area (Å²) in [6, 6.07) is 0. The fraction of sp³-hybridized carbons (Fsp3) is 0.500. The molecule has 1 aromatic heterocycles. The molecule has 1 aliphatic heterocycles. The van der Waals surface area contributed by atoms with Crippen molar-refractivity contribution in [2.45, 2.75) is 26.4 Å². The van der Waals surface area contributed by atoms with E-state index in [0.717, 1.165) is 18.7 Å². The fourth-order valence-electron chi connectivity index (χ4n) is 1.62. The molecule has 2 rings (SSSR count). The van der Waals surface area contributed by atoms with Gasteiger partial charge < -0.3 is 5.32 Å². The summed E-state index contributed by atoms with van der Waals surface area (Å²) in [7, 11) is 0. The summed E-state index contributed by atoms with van der Waals surface area (Å²) >= 11 is 6.13. The van der Waals surface area contributed by atoms with Gasteiger partial charge in [0.05, 0.1) is 17.3 Å². The Hall–Kier alpha value is -1.36. The second-order valence-corrected chi connectivity index (χ2v) is 3.88. The predicted octanol–water partition coefficient (Wildman–Crippen LogP) is 1.26. The summed E-state index contributed by atoms with van der Waals surface area (Å²) in [6.45, 7) is 3.63. The minimum atomic E-state index is -0.225. The summed E-state index contributed by atoms with van der Waals surface area (Å²) < 4.78 is 1.76. The maximum absolute atomic E-state index is 11.7. The van der Waals surface area contributed by atoms with Gasteiger partial charge in [0.25, 0.3) is 5.91 Å². The van der Waals surface area contributed by atoms with Gasteiger partial charge in [-0.3, -0.25) is 14.5 Å². The van der Waals surface area contributed by atoms with Crippen LogP contribution in [0.3, 0.4) is 0 Å². The molecule has 2 heterocycles. The van der Waals surface area contributed by atoms with Gasteiger partial charge in [-0.25, -0.2) is 0 Å². The van der Waals surface area contributed by atoms with Crippen LogP contribution >= 0.6 is 11.6 Å². The van der Waals surface area contributed by atoms with Crippen molar-refractivity contribution in [3.8, 4) is 0 Å². The summed E-state index contributed by atoms with van der Waals surface area (Å²) in [5, 5.41) is 7.33. The number of aliphatic imine (C=N–C) groups is 1. The van der Waals surface area contributed by atoms with Crippen molar-refractivity contribution in [1.29, 1.82) is 0 Å². The molecule has 6 heteroatoms. The fourth-order valence-corrected chi connectivity index (χ4v) is 1.90. The molecule has 0 aromatic carbocycles. The third kappa shape index (κ3) is 1.95. The first-order chi connectivity index (χ1) is 7.74. The van der Waals surface area contributed by atoms with E-state index in [1.165, 1.54) is 0 Å². The van der Waals surface area contributed by atoms with Crippen LogP contribution in [0.4, 0.5) is 0 Å². The standard InChI is InChI=1S/C10H13ClN4O/c1-2-13-10(16)9-8(11)7-6-12-4-3-5-15(7)14-9/h4H,2-3,5-6H2,1H3,(H,13,16). The van der Waals surface area contributed by atoms with Crippen LogP contribution in [0.2, 0.25) is 5.02 Å². The molecule has 0 saturated carbocycles. The van der Waals surface area contributed by atoms with E-state index in [2.05, 4.69) is 15.4 Å². The smallest absolute Gasteiger partial charge is 0.273 e. The van der Waals surface area contributed by atoms with Crippen LogP contribution in [0.5, 0.6) is 0 Å². The van der Waals surface area contributed by atoms with Crippen LogP contribution in [0.15, 0.2) is 4.99 Å². The van der Waals surface area contributed by atoms with Gasteiger partial charge in [-0.05, 0) is 6.92 Å². The van der Waals surface area contributed by atoms with Gasteiger partial charge in [-0.15, -0.1) is 0 Å². The number of fused-ring (bicyclic) bond motifs is 1. The molecule has 0 aliphatic carbocycles. The summed E-state index contributed by atoms with van der Waals surface area (Å²) in [5.74, 6) is -0.225. The van der Waals surface area contributed by atoms with Crippen LogP contribution in [0.1, 0.15) is 29.5 Å². The maximum Gasteiger partial charge on any atom is 0.273 e. The van der Waals surface area contributed by atoms with Crippen molar-refractivity contribution in [3.05, 3.63) is 16.4 Å². The molecule has 0 fully saturated rings. The Morgan fingerprint density at radius 1 is 1.69 bits per heavy atom. The topological polar surface area (TPSA) is 59.3 Å². The zero-order chi connectivity index (χ0) is 11.5. The molecule has 5 nitrogen and oxygen atoms in total. The van der Waals surface area contributed by atoms with E-state index in [0.29, 0.717) is 23.8 Å². The number of carbonyl (C=O) groups excluding carboxylic acids is 1. The normalized spacial score (nSPS) is 14.4. The first-order valence-electron chi connectivity index (χ1n) is 5.25. The molecule has 1 aliphatic rings. The van der Waals surface area contributed by atoms with E-state index in [1.54, 1.807) is 4.68 Å². The lowest BCUT2D eigenvalue weighted by atomic mass is 10.3. The van der Waals surface area contributed by atoms with Gasteiger partial charge in [0.15, 0.2) is 5.69 Å². The molecular formula is C10H13ClN4O. The molecule has 0 radical (unpaired) electrons. The number of hydrogen-bond acceptors (Lipinski definition) is 3. The van der Waals surface area contributed by atoms with E-state index in [9.17, 15) is 4.79 Å². The van der Waals surface area contributed by atoms with Crippen LogP contribution in [0, 0.1) is 0 Å². The van der Waals surface area contributed by atoms with Crippen LogP contribution in [0.25, 0.3) is 0 Å². The maximum atomic E-state index is 11.7. The van der Waals surface area contributed by atoms with Crippen molar-refractivity contribution in [2.75, 3.05) is 6.54 Å². The second kappa shape index (κ2) is 4.65. The van der Waals surface area contributed by atoms with Gasteiger partial charge in [0.2, 0.25) is 0 Å². The lowest BCUT2D eigenvalue weighted by Gasteiger charge is -1.99. The molecule has 0 spiro atoms. The van der Waals surface area contributed by atoms with Gasteiger partial charge >= 0.3 is 0 Å². The highest BCUT2D eigenvalue weighted by Crippen LogP contribution is 2.23. The Kier molecular flexibility index (Phi) is 3.24. The van der Waals surface area contributed by atoms with E-state index in [-0.39, 0.29) is 5.91 Å². The highest BCUT2D eigenvalue weighted by molar-refractivity contribution is 6.34. The SMILES string of the molecule is CCNC(=O)c1nn2c(c1Cl)CN=CCC2. The predicted molar refractivity (Wildman–Crippen MR) is 62.1 cm³/mol. The van der Waals surface area contributed by atoms with Crippen molar-refractivity contribution in [1.82, 2.24) is 15.1 Å². The number of halogens is 1. The lowest BCUT2D eigenvalue weighted by molar-refractivity contribution is 0.0950. The van der Waals surface area contributed by atoms with Crippen LogP contribution < -0.4 is 5.32 Å². The second-order valence-electron chi connectivity index (χ2n) is 3.50. The molecule has 1 amide bonds. The Bertz CT molecular complexity index is 438. The highest BCUT2D eigenvalue weighted by Gasteiger charge is 2.21. The first-order valence-corrected chi connectivity index (χ1v) is 5.63. The third-order valence-corrected chi connectivity index (χ3v) is 2.78. The van der Waals surface area contributed by atoms with Crippen molar-refractivity contribution in [2.24, 2.45) is 4.99 Å². The summed E-state index contributed by atoms with van der Waals surface area (Å²) in [6.07, 6.45) is 2.68. The Labute approximate surface area is 98.5 Å². The van der Waals surface area contributed by atoms with Crippen molar-refractivity contribution in [3.63, 3.8) is 0 Å². The van der Waals surface area contributed by atoms with E-state index in [4.69, 9.17) is 11.6 Å². The zero-order valence-electron chi connectivity index (χ0n) is 9.03. The van der Waals surface area contributed by atoms with E-state index >= 15 is 0 Å². The minimum Gasteiger partial charge on any atom is -0.351 e. The van der Waals surface area contributed by atoms with Crippen molar-refractivity contribution >= 4 is 23.7 Å². The molecular weight excluding hydrogens is 228 g/mol. The monoisotopic (exact) mass is 240 g/mol. The summed E-state index contributed by atoms with van der Waals surface area (Å²) in [4.78, 5) is 15.8. The number of aryl methyl sites for hydroxylation is 1. The minimum absolute atomic E-state index is 0.225. The first kappa shape index (κ1) is 11.1. The Balaban J connectivity index is 2.35. The molecule has 0 saturated heterocycles. The molecule has 16 heavy (non-hydrogen) atoms. The molecule has 0 atom stereocenters. The van der Waals surface area contributed by atoms with Gasteiger partial charge in [0.1, 0.15) is 0 Å². The number of amides is 1. The average molecular weight is 241 g/mol. The average Bonchev–Trinajstić information content (AvgIpc) is 2.47. The third-order valence-electron chi connectivity index (χ3n) is 2.39. The lowest BCUT2D eigenvalue weighted by Crippen LogP contribution is -2.23. The number of nitrogens with one attached hydrogen (secondary N) is 1. The molecule has 0 unspecified atom stereocenters. The van der Waals surface area contributed by atoms with Crippen molar-refractivity contribution < 1.29 is 4.79 Å². The Morgan fingerprint density at radius 3 is 3.25 bits per heavy atom. The number of hydrogen-bond donors (Lipinski definition) is 1. The zero-order valence-corrected chi connectivity index (χ0v) is 9.79. The number of nitrogens with zero attached hydrogens (tertiary/aromatic N) is 3. The number of aromatic nitrogens is 2. The summed E-state index contributed by atoms with van der Waals surface area (Å²) in [5.41, 5.74) is 1.12. The number of rotatable bonds is 2. The van der Waals surface area contributed by atoms with Crippen LogP contribution in [-0.2, 0) is 13.1 Å². The molecule has 1 aromatic rings. The molecule has 86 valence electrons. The van der Waals surface area contributed by atoms with E-state index in [1.807, 2.05) is 13.1 Å². The quantitative estimate of drug-likeness (QED) is 0.846. The number of carbonyl (C=O) groups is 1. The van der Waals surface area contributed by atoms with E-state index < -0.39 is 0 Å². The largest absolute Gasteiger partial charge is 0.351 e. The highest BCUT2D eigenvalue weighted by atomic mass is 35.5. The van der Waals surface area contributed by atoms with Crippen LogP contribution in [-0.4, -0.2) is 28.4 Å². The molecule has 0 bridgehead atoms. The van der Waals surface area contributed by atoms with Gasteiger partial charge in [-0.1, -0.05) is 11.6 Å². The Morgan fingerprint density at radius 2 is 2.50 bits per heavy atom.